The van der Waals surface area contributed by atoms with E-state index in [4.69, 9.17) is 0 Å². The van der Waals surface area contributed by atoms with E-state index in [1.807, 2.05) is 6.08 Å². The van der Waals surface area contributed by atoms with E-state index in [2.05, 4.69) is 43.5 Å². The van der Waals surface area contributed by atoms with Crippen LogP contribution in [0.15, 0.2) is 36.5 Å². The summed E-state index contributed by atoms with van der Waals surface area (Å²) in [4.78, 5) is 12.2. The summed E-state index contributed by atoms with van der Waals surface area (Å²) in [7, 11) is 0. The van der Waals surface area contributed by atoms with E-state index in [1.165, 1.54) is 103 Å². The van der Waals surface area contributed by atoms with Crippen molar-refractivity contribution in [2.45, 2.75) is 180 Å². The van der Waals surface area contributed by atoms with E-state index in [1.54, 1.807) is 6.08 Å². The molecule has 40 heavy (non-hydrogen) atoms. The zero-order valence-electron chi connectivity index (χ0n) is 26.6. The number of carbonyl (C=O) groups excluding carboxylic acids is 1. The lowest BCUT2D eigenvalue weighted by molar-refractivity contribution is -0.123. The van der Waals surface area contributed by atoms with Crippen molar-refractivity contribution in [3.05, 3.63) is 36.5 Å². The van der Waals surface area contributed by atoms with Crippen LogP contribution in [0.2, 0.25) is 0 Å². The predicted octanol–water partition coefficient (Wildman–Crippen LogP) is 9.90. The van der Waals surface area contributed by atoms with Gasteiger partial charge in [-0.25, -0.2) is 0 Å². The van der Waals surface area contributed by atoms with Crippen LogP contribution >= 0.6 is 0 Å². The maximum Gasteiger partial charge on any atom is 0.220 e. The van der Waals surface area contributed by atoms with Crippen molar-refractivity contribution in [1.82, 2.24) is 5.32 Å². The van der Waals surface area contributed by atoms with Crippen LogP contribution in [0, 0.1) is 0 Å². The molecule has 3 N–H and O–H groups in total. The molecule has 0 heterocycles. The molecule has 0 aromatic rings. The Balaban J connectivity index is 3.71. The van der Waals surface area contributed by atoms with E-state index in [-0.39, 0.29) is 12.5 Å². The Labute approximate surface area is 249 Å². The number of allylic oxidation sites excluding steroid dienone is 5. The summed E-state index contributed by atoms with van der Waals surface area (Å²) in [5.41, 5.74) is 0. The van der Waals surface area contributed by atoms with Crippen LogP contribution in [-0.4, -0.2) is 34.9 Å². The Bertz CT molecular complexity index is 613. The summed E-state index contributed by atoms with van der Waals surface area (Å²) in [5, 5.41) is 22.8. The molecule has 0 aromatic heterocycles. The molecule has 0 spiro atoms. The van der Waals surface area contributed by atoms with Crippen LogP contribution in [0.4, 0.5) is 0 Å². The predicted molar refractivity (Wildman–Crippen MR) is 175 cm³/mol. The van der Waals surface area contributed by atoms with Gasteiger partial charge in [0, 0.05) is 6.42 Å². The topological polar surface area (TPSA) is 69.6 Å². The third-order valence-corrected chi connectivity index (χ3v) is 7.60. The Hall–Kier alpha value is -1.39. The molecular weight excluding hydrogens is 494 g/mol. The Morgan fingerprint density at radius 1 is 0.575 bits per heavy atom. The first kappa shape index (κ1) is 38.6. The van der Waals surface area contributed by atoms with E-state index in [0.29, 0.717) is 6.42 Å². The van der Waals surface area contributed by atoms with E-state index in [0.717, 1.165) is 44.9 Å². The summed E-state index contributed by atoms with van der Waals surface area (Å²) in [6.45, 7) is 4.23. The molecule has 2 unspecified atom stereocenters. The molecule has 1 amide bonds. The van der Waals surface area contributed by atoms with Gasteiger partial charge in [0.2, 0.25) is 5.91 Å². The van der Waals surface area contributed by atoms with Crippen molar-refractivity contribution in [1.29, 1.82) is 0 Å². The summed E-state index contributed by atoms with van der Waals surface area (Å²) in [5.74, 6) is -0.0873. The molecular formula is C36H67NO3. The molecule has 2 atom stereocenters. The summed E-state index contributed by atoms with van der Waals surface area (Å²) in [6.07, 6.45) is 40.8. The van der Waals surface area contributed by atoms with Crippen molar-refractivity contribution in [2.75, 3.05) is 6.61 Å². The second-order valence-corrected chi connectivity index (χ2v) is 11.6. The first-order valence-corrected chi connectivity index (χ1v) is 17.2. The molecule has 4 heteroatoms. The van der Waals surface area contributed by atoms with Crippen molar-refractivity contribution < 1.29 is 15.0 Å². The Kier molecular flexibility index (Phi) is 31.0. The minimum atomic E-state index is -0.861. The highest BCUT2D eigenvalue weighted by atomic mass is 16.3. The molecule has 0 saturated heterocycles. The van der Waals surface area contributed by atoms with Crippen LogP contribution in [0.5, 0.6) is 0 Å². The van der Waals surface area contributed by atoms with Gasteiger partial charge in [0.25, 0.3) is 0 Å². The number of aliphatic hydroxyl groups excluding tert-OH is 2. The first-order chi connectivity index (χ1) is 19.7. The lowest BCUT2D eigenvalue weighted by atomic mass is 10.1. The number of hydrogen-bond acceptors (Lipinski definition) is 3. The highest BCUT2D eigenvalue weighted by molar-refractivity contribution is 5.76. The van der Waals surface area contributed by atoms with Gasteiger partial charge in [0.05, 0.1) is 18.8 Å². The average molecular weight is 562 g/mol. The molecule has 0 radical (unpaired) electrons. The molecule has 0 bridgehead atoms. The zero-order valence-corrected chi connectivity index (χ0v) is 26.6. The van der Waals surface area contributed by atoms with Gasteiger partial charge in [-0.2, -0.15) is 0 Å². The smallest absolute Gasteiger partial charge is 0.220 e. The second kappa shape index (κ2) is 32.1. The largest absolute Gasteiger partial charge is 0.394 e. The van der Waals surface area contributed by atoms with Crippen LogP contribution in [0.1, 0.15) is 168 Å². The quantitative estimate of drug-likeness (QED) is 0.0603. The molecule has 0 aromatic carbocycles. The van der Waals surface area contributed by atoms with Crippen molar-refractivity contribution in [3.63, 3.8) is 0 Å². The third kappa shape index (κ3) is 28.1. The van der Waals surface area contributed by atoms with E-state index in [9.17, 15) is 15.0 Å². The van der Waals surface area contributed by atoms with Crippen LogP contribution < -0.4 is 5.32 Å². The van der Waals surface area contributed by atoms with Crippen LogP contribution in [0.3, 0.4) is 0 Å². The summed E-state index contributed by atoms with van der Waals surface area (Å²) < 4.78 is 0. The minimum Gasteiger partial charge on any atom is -0.394 e. The van der Waals surface area contributed by atoms with Gasteiger partial charge in [-0.3, -0.25) is 4.79 Å². The SMILES string of the molecule is CCCC/C=C\CCCCCCCC(=O)NC(CO)C(O)/C=C/CC/C=C/CCCCCCCCCCCCC. The maximum absolute atomic E-state index is 12.2. The Morgan fingerprint density at radius 2 is 1.00 bits per heavy atom. The van der Waals surface area contributed by atoms with E-state index < -0.39 is 12.1 Å². The second-order valence-electron chi connectivity index (χ2n) is 11.6. The standard InChI is InChI=1S/C36H67NO3/c1-3-5-7-9-11-13-15-16-17-18-19-20-22-23-25-27-29-31-35(39)34(33-38)37-36(40)32-30-28-26-24-21-14-12-10-8-6-4-2/h10,12,22-23,29,31,34-35,38-39H,3-9,11,13-21,24-28,30,32-33H2,1-2H3,(H,37,40)/b12-10-,23-22+,31-29+. The van der Waals surface area contributed by atoms with Gasteiger partial charge in [-0.1, -0.05) is 147 Å². The monoisotopic (exact) mass is 562 g/mol. The number of carbonyl (C=O) groups is 1. The van der Waals surface area contributed by atoms with Crippen LogP contribution in [-0.2, 0) is 4.79 Å². The van der Waals surface area contributed by atoms with Gasteiger partial charge < -0.3 is 15.5 Å². The fourth-order valence-corrected chi connectivity index (χ4v) is 4.88. The molecule has 0 aliphatic carbocycles. The number of rotatable bonds is 30. The Morgan fingerprint density at radius 3 is 1.52 bits per heavy atom. The molecule has 0 aliphatic heterocycles. The van der Waals surface area contributed by atoms with Gasteiger partial charge in [-0.05, 0) is 51.4 Å². The van der Waals surface area contributed by atoms with Gasteiger partial charge in [0.15, 0.2) is 0 Å². The zero-order chi connectivity index (χ0) is 29.4. The number of aliphatic hydroxyl groups is 2. The third-order valence-electron chi connectivity index (χ3n) is 7.60. The first-order valence-electron chi connectivity index (χ1n) is 17.2. The molecule has 4 nitrogen and oxygen atoms in total. The lowest BCUT2D eigenvalue weighted by Crippen LogP contribution is -2.45. The highest BCUT2D eigenvalue weighted by Crippen LogP contribution is 2.12. The van der Waals surface area contributed by atoms with Crippen LogP contribution in [0.25, 0.3) is 0 Å². The summed E-state index contributed by atoms with van der Waals surface area (Å²) in [6, 6.07) is -0.639. The highest BCUT2D eigenvalue weighted by Gasteiger charge is 2.17. The fourth-order valence-electron chi connectivity index (χ4n) is 4.88. The molecule has 0 aliphatic rings. The molecule has 0 rings (SSSR count). The molecule has 234 valence electrons. The number of hydrogen-bond donors (Lipinski definition) is 3. The van der Waals surface area contributed by atoms with Gasteiger partial charge >= 0.3 is 0 Å². The number of nitrogens with one attached hydrogen (secondary N) is 1. The lowest BCUT2D eigenvalue weighted by Gasteiger charge is -2.19. The van der Waals surface area contributed by atoms with Gasteiger partial charge in [-0.15, -0.1) is 0 Å². The molecule has 0 fully saturated rings. The normalized spacial score (nSPS) is 13.6. The molecule has 0 saturated carbocycles. The summed E-state index contributed by atoms with van der Waals surface area (Å²) >= 11 is 0. The van der Waals surface area contributed by atoms with Crippen molar-refractivity contribution in [2.24, 2.45) is 0 Å². The fraction of sp³-hybridized carbons (Fsp3) is 0.806. The van der Waals surface area contributed by atoms with Gasteiger partial charge in [0.1, 0.15) is 0 Å². The maximum atomic E-state index is 12.2. The number of amides is 1. The average Bonchev–Trinajstić information content (AvgIpc) is 2.96. The van der Waals surface area contributed by atoms with Crippen molar-refractivity contribution in [3.8, 4) is 0 Å². The van der Waals surface area contributed by atoms with Crippen molar-refractivity contribution >= 4 is 5.91 Å². The minimum absolute atomic E-state index is 0.0873. The van der Waals surface area contributed by atoms with E-state index >= 15 is 0 Å². The number of unbranched alkanes of at least 4 members (excludes halogenated alkanes) is 19.